The Bertz CT molecular complexity index is 444. The van der Waals surface area contributed by atoms with Crippen LogP contribution in [0.4, 0.5) is 5.69 Å². The molecule has 3 nitrogen and oxygen atoms in total. The second kappa shape index (κ2) is 5.01. The van der Waals surface area contributed by atoms with Gasteiger partial charge < -0.3 is 11.1 Å². The van der Waals surface area contributed by atoms with E-state index in [2.05, 4.69) is 12.2 Å². The molecule has 0 atom stereocenters. The Balaban J connectivity index is 2.02. The average Bonchev–Trinajstić information content (AvgIpc) is 2.31. The van der Waals surface area contributed by atoms with Crippen LogP contribution in [-0.2, 0) is 0 Å². The first kappa shape index (κ1) is 12.9. The Morgan fingerprint density at radius 2 is 2.17 bits per heavy atom. The summed E-state index contributed by atoms with van der Waals surface area (Å²) in [6.07, 6.45) is 4.91. The molecule has 1 aromatic carbocycles. The Hall–Kier alpha value is -1.51. The normalized spacial score (nSPS) is 17.0. The highest BCUT2D eigenvalue weighted by Crippen LogP contribution is 2.43. The molecule has 1 saturated carbocycles. The summed E-state index contributed by atoms with van der Waals surface area (Å²) in [5, 5.41) is 3.07. The van der Waals surface area contributed by atoms with Crippen LogP contribution in [-0.4, -0.2) is 12.5 Å². The molecule has 0 aromatic heterocycles. The van der Waals surface area contributed by atoms with Gasteiger partial charge >= 0.3 is 0 Å². The number of nitrogens with one attached hydrogen (secondary N) is 1. The van der Waals surface area contributed by atoms with E-state index in [1.165, 1.54) is 19.3 Å². The molecule has 1 aliphatic carbocycles. The number of hydrogen-bond donors (Lipinski definition) is 2. The van der Waals surface area contributed by atoms with Crippen LogP contribution in [0.2, 0.25) is 0 Å². The molecule has 3 heteroatoms. The summed E-state index contributed by atoms with van der Waals surface area (Å²) >= 11 is 0. The summed E-state index contributed by atoms with van der Waals surface area (Å²) in [4.78, 5) is 12.2. The van der Waals surface area contributed by atoms with Crippen molar-refractivity contribution in [3.8, 4) is 0 Å². The van der Waals surface area contributed by atoms with E-state index in [-0.39, 0.29) is 5.91 Å². The fraction of sp³-hybridized carbons (Fsp3) is 0.533. The van der Waals surface area contributed by atoms with Crippen molar-refractivity contribution in [3.63, 3.8) is 0 Å². The molecule has 98 valence electrons. The Labute approximate surface area is 109 Å². The monoisotopic (exact) mass is 246 g/mol. The molecule has 0 bridgehead atoms. The molecular weight excluding hydrogens is 224 g/mol. The minimum atomic E-state index is -0.000440. The number of benzene rings is 1. The SMILES string of the molecule is CCC1(CNC(=O)c2cccc(N)c2C)CCC1. The number of carbonyl (C=O) groups is 1. The predicted octanol–water partition coefficient (Wildman–Crippen LogP) is 2.89. The number of hydrogen-bond acceptors (Lipinski definition) is 2. The zero-order valence-corrected chi connectivity index (χ0v) is 11.3. The number of carbonyl (C=O) groups excluding carboxylic acids is 1. The van der Waals surface area contributed by atoms with Crippen LogP contribution in [0, 0.1) is 12.3 Å². The van der Waals surface area contributed by atoms with Crippen molar-refractivity contribution in [2.24, 2.45) is 5.41 Å². The third-order valence-corrected chi connectivity index (χ3v) is 4.41. The second-order valence-corrected chi connectivity index (χ2v) is 5.41. The Morgan fingerprint density at radius 3 is 2.72 bits per heavy atom. The van der Waals surface area contributed by atoms with Gasteiger partial charge in [-0.05, 0) is 49.3 Å². The molecule has 0 heterocycles. The summed E-state index contributed by atoms with van der Waals surface area (Å²) in [7, 11) is 0. The Kier molecular flexibility index (Phi) is 3.60. The van der Waals surface area contributed by atoms with Gasteiger partial charge in [0.25, 0.3) is 5.91 Å². The highest BCUT2D eigenvalue weighted by Gasteiger charge is 2.35. The first-order valence-corrected chi connectivity index (χ1v) is 6.71. The van der Waals surface area contributed by atoms with Gasteiger partial charge in [0.05, 0.1) is 0 Å². The minimum Gasteiger partial charge on any atom is -0.398 e. The van der Waals surface area contributed by atoms with Crippen molar-refractivity contribution in [3.05, 3.63) is 29.3 Å². The lowest BCUT2D eigenvalue weighted by Gasteiger charge is -2.41. The van der Waals surface area contributed by atoms with Gasteiger partial charge in [-0.2, -0.15) is 0 Å². The zero-order valence-electron chi connectivity index (χ0n) is 11.3. The molecule has 0 saturated heterocycles. The predicted molar refractivity (Wildman–Crippen MR) is 74.5 cm³/mol. The zero-order chi connectivity index (χ0) is 13.2. The van der Waals surface area contributed by atoms with Gasteiger partial charge in [0.2, 0.25) is 0 Å². The minimum absolute atomic E-state index is 0.000440. The van der Waals surface area contributed by atoms with E-state index in [9.17, 15) is 4.79 Å². The van der Waals surface area contributed by atoms with Gasteiger partial charge in [0.1, 0.15) is 0 Å². The first-order valence-electron chi connectivity index (χ1n) is 6.71. The van der Waals surface area contributed by atoms with Gasteiger partial charge in [-0.25, -0.2) is 0 Å². The number of nitrogen functional groups attached to an aromatic ring is 1. The molecule has 1 fully saturated rings. The third-order valence-electron chi connectivity index (χ3n) is 4.41. The van der Waals surface area contributed by atoms with Crippen molar-refractivity contribution < 1.29 is 4.79 Å². The van der Waals surface area contributed by atoms with E-state index in [0.29, 0.717) is 16.7 Å². The standard InChI is InChI=1S/C15H22N2O/c1-3-15(8-5-9-15)10-17-14(18)12-6-4-7-13(16)11(12)2/h4,6-7H,3,5,8-10,16H2,1-2H3,(H,17,18). The average molecular weight is 246 g/mol. The van der Waals surface area contributed by atoms with E-state index in [0.717, 1.165) is 18.5 Å². The summed E-state index contributed by atoms with van der Waals surface area (Å²) in [5.41, 5.74) is 8.42. The highest BCUT2D eigenvalue weighted by atomic mass is 16.1. The number of anilines is 1. The topological polar surface area (TPSA) is 55.1 Å². The van der Waals surface area contributed by atoms with E-state index in [1.54, 1.807) is 0 Å². The third kappa shape index (κ3) is 2.35. The maximum absolute atomic E-state index is 12.2. The number of nitrogens with two attached hydrogens (primary N) is 1. The van der Waals surface area contributed by atoms with Crippen LogP contribution in [0.5, 0.6) is 0 Å². The van der Waals surface area contributed by atoms with Crippen molar-refractivity contribution in [1.29, 1.82) is 0 Å². The number of amides is 1. The van der Waals surface area contributed by atoms with Crippen molar-refractivity contribution in [2.75, 3.05) is 12.3 Å². The lowest BCUT2D eigenvalue weighted by Crippen LogP contribution is -2.41. The maximum Gasteiger partial charge on any atom is 0.251 e. The van der Waals surface area contributed by atoms with Gasteiger partial charge in [0.15, 0.2) is 0 Å². The fourth-order valence-corrected chi connectivity index (χ4v) is 2.59. The second-order valence-electron chi connectivity index (χ2n) is 5.41. The van der Waals surface area contributed by atoms with E-state index >= 15 is 0 Å². The summed E-state index contributed by atoms with van der Waals surface area (Å²) in [5.74, 6) is -0.000440. The van der Waals surface area contributed by atoms with Gasteiger partial charge in [-0.1, -0.05) is 19.4 Å². The van der Waals surface area contributed by atoms with Gasteiger partial charge in [-0.15, -0.1) is 0 Å². The van der Waals surface area contributed by atoms with Crippen LogP contribution in [0.1, 0.15) is 48.5 Å². The molecule has 0 radical (unpaired) electrons. The molecule has 1 aliphatic rings. The molecule has 0 unspecified atom stereocenters. The lowest BCUT2D eigenvalue weighted by molar-refractivity contribution is 0.0849. The molecule has 18 heavy (non-hydrogen) atoms. The maximum atomic E-state index is 12.2. The van der Waals surface area contributed by atoms with E-state index in [4.69, 9.17) is 5.73 Å². The quantitative estimate of drug-likeness (QED) is 0.803. The van der Waals surface area contributed by atoms with Crippen LogP contribution in [0.15, 0.2) is 18.2 Å². The van der Waals surface area contributed by atoms with E-state index < -0.39 is 0 Å². The summed E-state index contributed by atoms with van der Waals surface area (Å²) in [6, 6.07) is 5.49. The van der Waals surface area contributed by atoms with Gasteiger partial charge in [-0.3, -0.25) is 4.79 Å². The van der Waals surface area contributed by atoms with Crippen LogP contribution in [0.25, 0.3) is 0 Å². The number of rotatable bonds is 4. The van der Waals surface area contributed by atoms with Crippen molar-refractivity contribution in [1.82, 2.24) is 5.32 Å². The van der Waals surface area contributed by atoms with Crippen molar-refractivity contribution in [2.45, 2.75) is 39.5 Å². The largest absolute Gasteiger partial charge is 0.398 e. The summed E-state index contributed by atoms with van der Waals surface area (Å²) < 4.78 is 0. The Morgan fingerprint density at radius 1 is 1.44 bits per heavy atom. The van der Waals surface area contributed by atoms with E-state index in [1.807, 2.05) is 25.1 Å². The molecule has 0 spiro atoms. The molecular formula is C15H22N2O. The molecule has 0 aliphatic heterocycles. The highest BCUT2D eigenvalue weighted by molar-refractivity contribution is 5.96. The smallest absolute Gasteiger partial charge is 0.251 e. The fourth-order valence-electron chi connectivity index (χ4n) is 2.59. The summed E-state index contributed by atoms with van der Waals surface area (Å²) in [6.45, 7) is 4.89. The van der Waals surface area contributed by atoms with Crippen LogP contribution in [0.3, 0.4) is 0 Å². The molecule has 3 N–H and O–H groups in total. The van der Waals surface area contributed by atoms with Crippen LogP contribution >= 0.6 is 0 Å². The first-order chi connectivity index (χ1) is 8.58. The molecule has 2 rings (SSSR count). The molecule has 1 amide bonds. The lowest BCUT2D eigenvalue weighted by atomic mass is 9.67. The van der Waals surface area contributed by atoms with Crippen LogP contribution < -0.4 is 11.1 Å². The molecule has 1 aromatic rings. The van der Waals surface area contributed by atoms with Crippen molar-refractivity contribution >= 4 is 11.6 Å². The van der Waals surface area contributed by atoms with Gasteiger partial charge in [0, 0.05) is 17.8 Å².